The van der Waals surface area contributed by atoms with Gasteiger partial charge in [-0.2, -0.15) is 0 Å². The van der Waals surface area contributed by atoms with Crippen LogP contribution in [-0.4, -0.2) is 122 Å². The predicted octanol–water partition coefficient (Wildman–Crippen LogP) is 1.54. The predicted molar refractivity (Wildman–Crippen MR) is 177 cm³/mol. The molecule has 1 amide bonds. The molecule has 3 aliphatic heterocycles. The molecule has 7 rings (SSSR count). The van der Waals surface area contributed by atoms with Gasteiger partial charge in [0.05, 0.1) is 42.6 Å². The van der Waals surface area contributed by atoms with Crippen molar-refractivity contribution in [1.29, 1.82) is 0 Å². The van der Waals surface area contributed by atoms with E-state index in [-0.39, 0.29) is 76.2 Å². The Morgan fingerprint density at radius 1 is 1.02 bits per heavy atom. The van der Waals surface area contributed by atoms with E-state index in [0.29, 0.717) is 43.0 Å². The van der Waals surface area contributed by atoms with Crippen molar-refractivity contribution in [2.24, 2.45) is 11.8 Å². The third-order valence-electron chi connectivity index (χ3n) is 10.6. The second-order valence-corrected chi connectivity index (χ2v) is 13.4. The molecule has 5 aliphatic rings. The molecule has 2 aliphatic carbocycles. The number of fused-ring (bicyclic) bond motifs is 3. The van der Waals surface area contributed by atoms with Crippen molar-refractivity contribution in [3.63, 3.8) is 0 Å². The van der Waals surface area contributed by atoms with Crippen LogP contribution in [0.1, 0.15) is 69.2 Å². The Balaban J connectivity index is 0.000000218. The second-order valence-electron chi connectivity index (χ2n) is 13.4. The average molecular weight is 682 g/mol. The van der Waals surface area contributed by atoms with Crippen LogP contribution in [0.3, 0.4) is 0 Å². The summed E-state index contributed by atoms with van der Waals surface area (Å²) >= 11 is 0. The van der Waals surface area contributed by atoms with E-state index in [1.54, 1.807) is 19.2 Å². The van der Waals surface area contributed by atoms with Gasteiger partial charge < -0.3 is 44.9 Å². The topological polar surface area (TPSA) is 176 Å². The fraction of sp³-hybridized carbons (Fsp3) is 0.583. The zero-order chi connectivity index (χ0) is 34.8. The molecule has 6 atom stereocenters. The molecule has 0 bridgehead atoms. The Kier molecular flexibility index (Phi) is 10.9. The molecular formula is C36H47N3O10. The fourth-order valence-corrected chi connectivity index (χ4v) is 7.74. The number of aromatic hydroxyl groups is 2. The molecule has 3 fully saturated rings. The van der Waals surface area contributed by atoms with E-state index < -0.39 is 17.7 Å². The van der Waals surface area contributed by atoms with Crippen LogP contribution < -0.4 is 15.4 Å². The molecule has 0 radical (unpaired) electrons. The van der Waals surface area contributed by atoms with Gasteiger partial charge in [0.15, 0.2) is 12.1 Å². The van der Waals surface area contributed by atoms with Gasteiger partial charge in [0.1, 0.15) is 17.2 Å². The molecule has 266 valence electrons. The Hall–Kier alpha value is -3.59. The fourth-order valence-electron chi connectivity index (χ4n) is 7.74. The van der Waals surface area contributed by atoms with Gasteiger partial charge in [-0.1, -0.05) is 12.1 Å². The van der Waals surface area contributed by atoms with Crippen LogP contribution in [0.2, 0.25) is 0 Å². The van der Waals surface area contributed by atoms with E-state index in [0.717, 1.165) is 45.6 Å². The van der Waals surface area contributed by atoms with Crippen LogP contribution in [0.5, 0.6) is 17.2 Å². The van der Waals surface area contributed by atoms with Crippen LogP contribution in [0, 0.1) is 11.8 Å². The lowest BCUT2D eigenvalue weighted by Gasteiger charge is -2.43. The molecule has 0 aromatic heterocycles. The minimum absolute atomic E-state index is 0.0809. The van der Waals surface area contributed by atoms with Crippen molar-refractivity contribution in [1.82, 2.24) is 15.5 Å². The normalized spacial score (nSPS) is 28.1. The third kappa shape index (κ3) is 6.92. The standard InChI is InChI=1S/C25H26N2O6.C11H21NO4/c1-33-17-4-2-3-15-18(17)24(31)20-19(22(15)29)23(30)16-9-13(5-6-14(16)21(20)28)25(32)27-11-12-7-8-26-10-12;1-8-11(13)9(3-5-15-8)12-4-6-16-10(7-12)14-2/h2-4,12-13,26,28,30H,5-11H2,1H3,(H,27,32);8-11,13H,3-7H2,1-2H3. The van der Waals surface area contributed by atoms with Crippen molar-refractivity contribution in [2.75, 3.05) is 60.2 Å². The van der Waals surface area contributed by atoms with Crippen molar-refractivity contribution >= 4 is 17.5 Å². The van der Waals surface area contributed by atoms with Gasteiger partial charge in [-0.15, -0.1) is 0 Å². The third-order valence-corrected chi connectivity index (χ3v) is 10.6. The number of phenolic OH excluding ortho intramolecular Hbond substituents is 2. The van der Waals surface area contributed by atoms with E-state index in [1.165, 1.54) is 13.2 Å². The Morgan fingerprint density at radius 3 is 2.53 bits per heavy atom. The van der Waals surface area contributed by atoms with E-state index in [9.17, 15) is 29.7 Å². The average Bonchev–Trinajstić information content (AvgIpc) is 3.66. The lowest BCUT2D eigenvalue weighted by Crippen LogP contribution is -2.57. The zero-order valence-electron chi connectivity index (χ0n) is 28.3. The van der Waals surface area contributed by atoms with Crippen molar-refractivity contribution in [3.8, 4) is 17.2 Å². The summed E-state index contributed by atoms with van der Waals surface area (Å²) in [4.78, 5) is 41.6. The number of hydrogen-bond donors (Lipinski definition) is 5. The van der Waals surface area contributed by atoms with Gasteiger partial charge in [-0.3, -0.25) is 19.3 Å². The van der Waals surface area contributed by atoms with E-state index in [4.69, 9.17) is 18.9 Å². The molecular weight excluding hydrogens is 634 g/mol. The zero-order valence-corrected chi connectivity index (χ0v) is 28.3. The summed E-state index contributed by atoms with van der Waals surface area (Å²) < 4.78 is 21.3. The van der Waals surface area contributed by atoms with E-state index in [1.807, 2.05) is 6.92 Å². The summed E-state index contributed by atoms with van der Waals surface area (Å²) in [6.07, 6.45) is 2.24. The number of carbonyl (C=O) groups excluding carboxylic acids is 3. The molecule has 0 saturated carbocycles. The smallest absolute Gasteiger partial charge is 0.223 e. The number of hydrogen-bond acceptors (Lipinski definition) is 12. The second kappa shape index (κ2) is 15.1. The first-order valence-corrected chi connectivity index (χ1v) is 17.2. The first-order valence-electron chi connectivity index (χ1n) is 17.2. The van der Waals surface area contributed by atoms with Crippen LogP contribution >= 0.6 is 0 Å². The number of amides is 1. The number of carbonyl (C=O) groups is 3. The number of methoxy groups -OCH3 is 2. The lowest BCUT2D eigenvalue weighted by atomic mass is 9.75. The van der Waals surface area contributed by atoms with Crippen LogP contribution in [0.25, 0.3) is 0 Å². The maximum atomic E-state index is 13.3. The van der Waals surface area contributed by atoms with Crippen molar-refractivity contribution < 1.29 is 48.7 Å². The Morgan fingerprint density at radius 2 is 1.80 bits per heavy atom. The van der Waals surface area contributed by atoms with Gasteiger partial charge in [-0.05, 0) is 64.1 Å². The van der Waals surface area contributed by atoms with Crippen molar-refractivity contribution in [3.05, 3.63) is 51.6 Å². The molecule has 3 saturated heterocycles. The summed E-state index contributed by atoms with van der Waals surface area (Å²) in [6.45, 7) is 7.33. The highest BCUT2D eigenvalue weighted by atomic mass is 16.7. The number of aliphatic hydroxyl groups is 1. The molecule has 2 aromatic rings. The number of ether oxygens (including phenoxy) is 4. The summed E-state index contributed by atoms with van der Waals surface area (Å²) in [5.41, 5.74) is 0.612. The number of aliphatic hydroxyl groups excluding tert-OH is 1. The number of ketones is 2. The lowest BCUT2D eigenvalue weighted by molar-refractivity contribution is -0.190. The minimum Gasteiger partial charge on any atom is -0.507 e. The minimum atomic E-state index is -0.558. The highest BCUT2D eigenvalue weighted by Gasteiger charge is 2.41. The van der Waals surface area contributed by atoms with E-state index >= 15 is 0 Å². The molecule has 13 nitrogen and oxygen atoms in total. The van der Waals surface area contributed by atoms with Gasteiger partial charge in [-0.25, -0.2) is 0 Å². The van der Waals surface area contributed by atoms with Crippen LogP contribution in [0.4, 0.5) is 0 Å². The first-order chi connectivity index (χ1) is 23.6. The number of nitrogens with zero attached hydrogens (tertiary/aromatic N) is 1. The maximum absolute atomic E-state index is 13.3. The maximum Gasteiger partial charge on any atom is 0.223 e. The summed E-state index contributed by atoms with van der Waals surface area (Å²) in [5.74, 6) is -1.53. The first kappa shape index (κ1) is 35.2. The number of rotatable bonds is 6. The summed E-state index contributed by atoms with van der Waals surface area (Å²) in [6, 6.07) is 4.86. The molecule has 0 spiro atoms. The number of benzene rings is 2. The molecule has 2 aromatic carbocycles. The van der Waals surface area contributed by atoms with Crippen molar-refractivity contribution in [2.45, 2.75) is 63.6 Å². The highest BCUT2D eigenvalue weighted by Crippen LogP contribution is 2.47. The SMILES string of the molecule is COC1CN(C2CCOC(C)C2O)CCO1.COc1cccc2c1C(=O)c1c(O)c3c(c(O)c1C2=O)CC(C(=O)NCC1CCNC1)CC3. The Bertz CT molecular complexity index is 1570. The summed E-state index contributed by atoms with van der Waals surface area (Å²) in [5, 5.41) is 38.5. The number of phenols is 2. The van der Waals surface area contributed by atoms with Gasteiger partial charge >= 0.3 is 0 Å². The van der Waals surface area contributed by atoms with Gasteiger partial charge in [0.2, 0.25) is 11.7 Å². The van der Waals surface area contributed by atoms with E-state index in [2.05, 4.69) is 15.5 Å². The molecule has 6 unspecified atom stereocenters. The molecule has 5 N–H and O–H groups in total. The molecule has 13 heteroatoms. The summed E-state index contributed by atoms with van der Waals surface area (Å²) in [7, 11) is 3.05. The molecule has 49 heavy (non-hydrogen) atoms. The number of morpholine rings is 1. The number of nitrogens with one attached hydrogen (secondary N) is 2. The van der Waals surface area contributed by atoms with Crippen LogP contribution in [0.15, 0.2) is 18.2 Å². The quantitative estimate of drug-likeness (QED) is 0.238. The largest absolute Gasteiger partial charge is 0.507 e. The van der Waals surface area contributed by atoms with Gasteiger partial charge in [0, 0.05) is 62.0 Å². The highest BCUT2D eigenvalue weighted by molar-refractivity contribution is 6.31. The van der Waals surface area contributed by atoms with Crippen LogP contribution in [-0.2, 0) is 31.8 Å². The Labute approximate surface area is 285 Å². The van der Waals surface area contributed by atoms with Gasteiger partial charge in [0.25, 0.3) is 0 Å². The monoisotopic (exact) mass is 681 g/mol. The molecule has 3 heterocycles.